The van der Waals surface area contributed by atoms with Crippen molar-refractivity contribution in [3.8, 4) is 5.75 Å². The lowest BCUT2D eigenvalue weighted by molar-refractivity contribution is -0.117. The smallest absolute Gasteiger partial charge is 0.287 e. The Morgan fingerprint density at radius 1 is 1.18 bits per heavy atom. The molecule has 0 atom stereocenters. The number of carbonyl (C=O) groups is 1. The minimum absolute atomic E-state index is 0.0180. The van der Waals surface area contributed by atoms with Crippen LogP contribution in [0.3, 0.4) is 0 Å². The summed E-state index contributed by atoms with van der Waals surface area (Å²) in [5.74, 6) is 0.101. The number of rotatable bonds is 9. The standard InChI is InChI=1S/C22H22Cl2N4O5S/c1-14-6-7-16(27-20(29)13-28-22(30)21(24)18(23)12-25-28)11-19(14)34(31,32)26-9-8-15-4-3-5-17(10-15)33-2/h3-7,10-12,26H,8-9,13H2,1-2H3,(H,27,29). The Labute approximate surface area is 206 Å². The van der Waals surface area contributed by atoms with Crippen LogP contribution >= 0.6 is 23.2 Å². The Morgan fingerprint density at radius 3 is 2.68 bits per heavy atom. The van der Waals surface area contributed by atoms with Gasteiger partial charge < -0.3 is 10.1 Å². The van der Waals surface area contributed by atoms with Crippen LogP contribution in [0.2, 0.25) is 10.0 Å². The average Bonchev–Trinajstić information content (AvgIpc) is 2.80. The molecule has 1 heterocycles. The van der Waals surface area contributed by atoms with Gasteiger partial charge in [-0.15, -0.1) is 0 Å². The summed E-state index contributed by atoms with van der Waals surface area (Å²) in [5, 5.41) is 6.08. The molecule has 180 valence electrons. The fourth-order valence-electron chi connectivity index (χ4n) is 3.10. The molecule has 0 saturated heterocycles. The van der Waals surface area contributed by atoms with Crippen LogP contribution in [-0.4, -0.2) is 37.8 Å². The largest absolute Gasteiger partial charge is 0.497 e. The number of nitrogens with one attached hydrogen (secondary N) is 2. The number of benzene rings is 2. The Kier molecular flexibility index (Phi) is 8.32. The molecule has 0 aliphatic heterocycles. The Hall–Kier alpha value is -2.92. The van der Waals surface area contributed by atoms with Crippen LogP contribution in [0.1, 0.15) is 11.1 Å². The number of anilines is 1. The third kappa shape index (κ3) is 6.35. The number of hydrogen-bond acceptors (Lipinski definition) is 6. The van der Waals surface area contributed by atoms with Crippen molar-refractivity contribution in [1.29, 1.82) is 0 Å². The second-order valence-electron chi connectivity index (χ2n) is 7.30. The van der Waals surface area contributed by atoms with Gasteiger partial charge in [0, 0.05) is 12.2 Å². The Balaban J connectivity index is 1.69. The van der Waals surface area contributed by atoms with Crippen LogP contribution in [-0.2, 0) is 27.8 Å². The van der Waals surface area contributed by atoms with Crippen molar-refractivity contribution >= 4 is 44.8 Å². The molecule has 0 saturated carbocycles. The second-order valence-corrected chi connectivity index (χ2v) is 9.82. The highest BCUT2D eigenvalue weighted by atomic mass is 35.5. The molecule has 2 aromatic carbocycles. The lowest BCUT2D eigenvalue weighted by atomic mass is 10.1. The highest BCUT2D eigenvalue weighted by Gasteiger charge is 2.18. The maximum Gasteiger partial charge on any atom is 0.287 e. The lowest BCUT2D eigenvalue weighted by Crippen LogP contribution is -2.30. The van der Waals surface area contributed by atoms with Crippen LogP contribution in [0.5, 0.6) is 5.75 Å². The minimum atomic E-state index is -3.84. The van der Waals surface area contributed by atoms with E-state index in [1.165, 1.54) is 6.07 Å². The molecule has 1 aromatic heterocycles. The first-order chi connectivity index (χ1) is 16.1. The number of ether oxygens (including phenoxy) is 1. The molecule has 0 bridgehead atoms. The molecule has 12 heteroatoms. The Morgan fingerprint density at radius 2 is 1.94 bits per heavy atom. The summed E-state index contributed by atoms with van der Waals surface area (Å²) in [4.78, 5) is 24.5. The molecule has 3 aromatic rings. The summed E-state index contributed by atoms with van der Waals surface area (Å²) in [6.07, 6.45) is 1.63. The van der Waals surface area contributed by atoms with Crippen LogP contribution in [0.15, 0.2) is 58.4 Å². The van der Waals surface area contributed by atoms with Gasteiger partial charge in [-0.1, -0.05) is 41.4 Å². The van der Waals surface area contributed by atoms with E-state index in [9.17, 15) is 18.0 Å². The van der Waals surface area contributed by atoms with Crippen molar-refractivity contribution < 1.29 is 17.9 Å². The number of sulfonamides is 1. The Bertz CT molecular complexity index is 1380. The van der Waals surface area contributed by atoms with Crippen molar-refractivity contribution in [1.82, 2.24) is 14.5 Å². The SMILES string of the molecule is COc1cccc(CCNS(=O)(=O)c2cc(NC(=O)Cn3ncc(Cl)c(Cl)c3=O)ccc2C)c1. The number of carbonyl (C=O) groups excluding carboxylic acids is 1. The van der Waals surface area contributed by atoms with Crippen molar-refractivity contribution in [2.24, 2.45) is 0 Å². The van der Waals surface area contributed by atoms with Crippen molar-refractivity contribution in [3.63, 3.8) is 0 Å². The van der Waals surface area contributed by atoms with E-state index < -0.39 is 28.0 Å². The molecule has 0 aliphatic rings. The highest BCUT2D eigenvalue weighted by Crippen LogP contribution is 2.21. The van der Waals surface area contributed by atoms with Gasteiger partial charge in [-0.05, 0) is 48.7 Å². The monoisotopic (exact) mass is 524 g/mol. The zero-order valence-electron chi connectivity index (χ0n) is 18.3. The van der Waals surface area contributed by atoms with Crippen molar-refractivity contribution in [3.05, 3.63) is 80.2 Å². The summed E-state index contributed by atoms with van der Waals surface area (Å²) in [5.41, 5.74) is 0.966. The van der Waals surface area contributed by atoms with Gasteiger partial charge >= 0.3 is 0 Å². The quantitative estimate of drug-likeness (QED) is 0.443. The molecule has 0 radical (unpaired) electrons. The van der Waals surface area contributed by atoms with Crippen LogP contribution < -0.4 is 20.3 Å². The maximum atomic E-state index is 12.9. The number of halogens is 2. The molecule has 34 heavy (non-hydrogen) atoms. The fourth-order valence-corrected chi connectivity index (χ4v) is 4.67. The van der Waals surface area contributed by atoms with Gasteiger partial charge in [0.25, 0.3) is 5.56 Å². The zero-order valence-corrected chi connectivity index (χ0v) is 20.7. The lowest BCUT2D eigenvalue weighted by Gasteiger charge is -2.13. The number of nitrogens with zero attached hydrogens (tertiary/aromatic N) is 2. The number of hydrogen-bond donors (Lipinski definition) is 2. The average molecular weight is 525 g/mol. The molecular weight excluding hydrogens is 503 g/mol. The fraction of sp³-hybridized carbons (Fsp3) is 0.227. The van der Waals surface area contributed by atoms with Gasteiger partial charge in [-0.25, -0.2) is 17.8 Å². The van der Waals surface area contributed by atoms with E-state index >= 15 is 0 Å². The van der Waals surface area contributed by atoms with E-state index in [1.807, 2.05) is 24.3 Å². The maximum absolute atomic E-state index is 12.9. The van der Waals surface area contributed by atoms with Crippen LogP contribution in [0.4, 0.5) is 5.69 Å². The van der Waals surface area contributed by atoms with Gasteiger partial charge in [-0.3, -0.25) is 9.59 Å². The molecule has 2 N–H and O–H groups in total. The van der Waals surface area contributed by atoms with Crippen molar-refractivity contribution in [2.45, 2.75) is 24.8 Å². The summed E-state index contributed by atoms with van der Waals surface area (Å²) >= 11 is 11.5. The topological polar surface area (TPSA) is 119 Å². The molecule has 0 aliphatic carbocycles. The number of aromatic nitrogens is 2. The minimum Gasteiger partial charge on any atom is -0.497 e. The predicted molar refractivity (Wildman–Crippen MR) is 130 cm³/mol. The van der Waals surface area contributed by atoms with Gasteiger partial charge in [-0.2, -0.15) is 5.10 Å². The summed E-state index contributed by atoms with van der Waals surface area (Å²) < 4.78 is 34.4. The van der Waals surface area contributed by atoms with E-state index in [0.717, 1.165) is 16.4 Å². The molecular formula is C22H22Cl2N4O5S. The van der Waals surface area contributed by atoms with E-state index in [-0.39, 0.29) is 27.2 Å². The number of amides is 1. The zero-order chi connectivity index (χ0) is 24.9. The van der Waals surface area contributed by atoms with Gasteiger partial charge in [0.05, 0.1) is 23.2 Å². The third-order valence-corrected chi connectivity index (χ3v) is 7.19. The first-order valence-electron chi connectivity index (χ1n) is 10.0. The second kappa shape index (κ2) is 11.0. The number of methoxy groups -OCH3 is 1. The molecule has 1 amide bonds. The normalized spacial score (nSPS) is 11.3. The molecule has 0 fully saturated rings. The van der Waals surface area contributed by atoms with Gasteiger partial charge in [0.2, 0.25) is 15.9 Å². The first kappa shape index (κ1) is 25.7. The van der Waals surface area contributed by atoms with E-state index in [2.05, 4.69) is 15.1 Å². The molecule has 0 unspecified atom stereocenters. The highest BCUT2D eigenvalue weighted by molar-refractivity contribution is 7.89. The predicted octanol–water partition coefficient (Wildman–Crippen LogP) is 3.03. The summed E-state index contributed by atoms with van der Waals surface area (Å²) in [6.45, 7) is 1.41. The summed E-state index contributed by atoms with van der Waals surface area (Å²) in [7, 11) is -2.28. The van der Waals surface area contributed by atoms with E-state index in [4.69, 9.17) is 27.9 Å². The van der Waals surface area contributed by atoms with Crippen LogP contribution in [0.25, 0.3) is 0 Å². The van der Waals surface area contributed by atoms with Crippen LogP contribution in [0, 0.1) is 6.92 Å². The third-order valence-electron chi connectivity index (χ3n) is 4.84. The van der Waals surface area contributed by atoms with Gasteiger partial charge in [0.1, 0.15) is 17.3 Å². The molecule has 9 nitrogen and oxygen atoms in total. The summed E-state index contributed by atoms with van der Waals surface area (Å²) in [6, 6.07) is 11.9. The van der Waals surface area contributed by atoms with E-state index in [0.29, 0.717) is 17.7 Å². The molecule has 0 spiro atoms. The number of aryl methyl sites for hydroxylation is 1. The first-order valence-corrected chi connectivity index (χ1v) is 12.3. The van der Waals surface area contributed by atoms with E-state index in [1.54, 1.807) is 26.2 Å². The van der Waals surface area contributed by atoms with Gasteiger partial charge in [0.15, 0.2) is 0 Å². The van der Waals surface area contributed by atoms with Crippen molar-refractivity contribution in [2.75, 3.05) is 19.0 Å². The molecule has 3 rings (SSSR count).